The van der Waals surface area contributed by atoms with Crippen LogP contribution in [0.4, 0.5) is 0 Å². The molecule has 3 rings (SSSR count). The van der Waals surface area contributed by atoms with Crippen molar-refractivity contribution in [1.82, 2.24) is 0 Å². The number of unbranched alkanes of at least 4 members (excludes halogenated alkanes) is 1. The zero-order valence-electron chi connectivity index (χ0n) is 18.1. The van der Waals surface area contributed by atoms with E-state index in [1.165, 1.54) is 24.3 Å². The molecule has 0 aliphatic carbocycles. The van der Waals surface area contributed by atoms with Crippen LogP contribution in [-0.4, -0.2) is 24.5 Å². The van der Waals surface area contributed by atoms with Gasteiger partial charge in [0, 0.05) is 0 Å². The smallest absolute Gasteiger partial charge is 0.545 e. The fraction of sp³-hybridized carbons (Fsp3) is 0.160. The average molecular weight is 528 g/mol. The number of carboxylic acids is 2. The maximum atomic E-state index is 11.3. The first-order valence-electron chi connectivity index (χ1n) is 9.87. The molecule has 0 N–H and O–H groups in total. The van der Waals surface area contributed by atoms with Gasteiger partial charge in [-0.1, -0.05) is 92.2 Å². The van der Waals surface area contributed by atoms with Gasteiger partial charge in [-0.2, -0.15) is 4.89 Å². The summed E-state index contributed by atoms with van der Waals surface area (Å²) >= 11 is 0. The molecule has 0 heterocycles. The molecule has 3 aromatic rings. The standard InChI is InChI=1S/C11H14O3.2C7H6O2.Zr/c1-2-3-9-13-14-11(12)10-7-5-4-6-8-10;2*8-7(9)6-4-2-1-3-5-6;/h4-8H,2-3,9H2,1H3;2*1-5H,(H,8,9);/q;;;+2/p-2. The number of benzene rings is 3. The monoisotopic (exact) mass is 526 g/mol. The van der Waals surface area contributed by atoms with E-state index in [4.69, 9.17) is 4.89 Å². The number of rotatable bonds is 7. The molecule has 0 saturated heterocycles. The van der Waals surface area contributed by atoms with Crippen molar-refractivity contribution in [2.75, 3.05) is 6.61 Å². The second kappa shape index (κ2) is 18.5. The van der Waals surface area contributed by atoms with E-state index < -0.39 is 17.9 Å². The third-order valence-corrected chi connectivity index (χ3v) is 3.74. The van der Waals surface area contributed by atoms with Crippen LogP contribution >= 0.6 is 0 Å². The van der Waals surface area contributed by atoms with E-state index in [2.05, 4.69) is 4.89 Å². The van der Waals surface area contributed by atoms with Crippen molar-refractivity contribution in [3.05, 3.63) is 108 Å². The summed E-state index contributed by atoms with van der Waals surface area (Å²) in [6, 6.07) is 24.9. The van der Waals surface area contributed by atoms with E-state index in [-0.39, 0.29) is 37.3 Å². The minimum absolute atomic E-state index is 0. The van der Waals surface area contributed by atoms with Crippen LogP contribution < -0.4 is 10.2 Å². The van der Waals surface area contributed by atoms with Gasteiger partial charge in [0.05, 0.1) is 24.1 Å². The Bertz CT molecular complexity index is 883. The molecule has 0 amide bonds. The molecule has 0 unspecified atom stereocenters. The molecule has 0 saturated carbocycles. The molecule has 0 spiro atoms. The van der Waals surface area contributed by atoms with Gasteiger partial charge >= 0.3 is 32.2 Å². The van der Waals surface area contributed by atoms with E-state index in [9.17, 15) is 24.6 Å². The van der Waals surface area contributed by atoms with Crippen LogP contribution in [-0.2, 0) is 36.0 Å². The Morgan fingerprint density at radius 3 is 1.33 bits per heavy atom. The zero-order valence-corrected chi connectivity index (χ0v) is 20.6. The Morgan fingerprint density at radius 2 is 1.03 bits per heavy atom. The zero-order chi connectivity index (χ0) is 23.6. The number of carboxylic acid groups (broad SMARTS) is 2. The van der Waals surface area contributed by atoms with Crippen molar-refractivity contribution in [3.63, 3.8) is 0 Å². The third-order valence-electron chi connectivity index (χ3n) is 3.74. The molecular formula is C25H24O7Zr. The topological polar surface area (TPSA) is 116 Å². The summed E-state index contributed by atoms with van der Waals surface area (Å²) in [6.45, 7) is 2.50. The number of carbonyl (C=O) groups is 3. The first-order valence-corrected chi connectivity index (χ1v) is 9.87. The van der Waals surface area contributed by atoms with Crippen molar-refractivity contribution < 1.29 is 60.6 Å². The predicted octanol–water partition coefficient (Wildman–Crippen LogP) is 2.67. The maximum absolute atomic E-state index is 11.3. The predicted molar refractivity (Wildman–Crippen MR) is 114 cm³/mol. The van der Waals surface area contributed by atoms with Gasteiger partial charge in [0.1, 0.15) is 0 Å². The van der Waals surface area contributed by atoms with Gasteiger partial charge in [-0.15, -0.1) is 0 Å². The second-order valence-corrected chi connectivity index (χ2v) is 6.22. The molecule has 0 radical (unpaired) electrons. The molecular weight excluding hydrogens is 503 g/mol. The molecule has 0 fully saturated rings. The number of hydrogen-bond donors (Lipinski definition) is 0. The quantitative estimate of drug-likeness (QED) is 0.263. The number of aromatic carboxylic acids is 2. The summed E-state index contributed by atoms with van der Waals surface area (Å²) in [4.78, 5) is 40.8. The Morgan fingerprint density at radius 1 is 0.667 bits per heavy atom. The van der Waals surface area contributed by atoms with Gasteiger partial charge in [0.15, 0.2) is 0 Å². The van der Waals surface area contributed by atoms with Gasteiger partial charge in [-0.25, -0.2) is 4.79 Å². The minimum atomic E-state index is -1.13. The Balaban J connectivity index is 0.000000476. The van der Waals surface area contributed by atoms with Gasteiger partial charge < -0.3 is 19.8 Å². The fourth-order valence-corrected chi connectivity index (χ4v) is 2.07. The Kier molecular flexibility index (Phi) is 16.8. The molecule has 7 nitrogen and oxygen atoms in total. The average Bonchev–Trinajstić information content (AvgIpc) is 2.84. The first kappa shape index (κ1) is 29.9. The van der Waals surface area contributed by atoms with E-state index in [1.54, 1.807) is 60.7 Å². The van der Waals surface area contributed by atoms with Crippen LogP contribution in [0.5, 0.6) is 0 Å². The van der Waals surface area contributed by atoms with Crippen LogP contribution in [0.25, 0.3) is 0 Å². The van der Waals surface area contributed by atoms with E-state index in [1.807, 2.05) is 13.0 Å². The SMILES string of the molecule is CCCCOOC(=O)c1ccccc1.O=C([O-])c1ccccc1.O=C([O-])c1ccccc1.[Zr+2]. The van der Waals surface area contributed by atoms with Crippen LogP contribution in [0.1, 0.15) is 50.8 Å². The molecule has 0 aromatic heterocycles. The van der Waals surface area contributed by atoms with Crippen molar-refractivity contribution in [1.29, 1.82) is 0 Å². The van der Waals surface area contributed by atoms with Gasteiger partial charge in [0.25, 0.3) is 0 Å². The Labute approximate surface area is 212 Å². The molecule has 0 bridgehead atoms. The summed E-state index contributed by atoms with van der Waals surface area (Å²) in [5, 5.41) is 20.2. The molecule has 3 aromatic carbocycles. The van der Waals surface area contributed by atoms with Crippen LogP contribution in [0.15, 0.2) is 91.0 Å². The van der Waals surface area contributed by atoms with Crippen molar-refractivity contribution in [3.8, 4) is 0 Å². The van der Waals surface area contributed by atoms with Crippen LogP contribution in [0, 0.1) is 0 Å². The van der Waals surface area contributed by atoms with Crippen LogP contribution in [0.2, 0.25) is 0 Å². The van der Waals surface area contributed by atoms with E-state index in [0.717, 1.165) is 12.8 Å². The van der Waals surface area contributed by atoms with Gasteiger partial charge in [0.2, 0.25) is 0 Å². The molecule has 170 valence electrons. The van der Waals surface area contributed by atoms with Crippen LogP contribution in [0.3, 0.4) is 0 Å². The Hall–Kier alpha value is -3.09. The summed E-state index contributed by atoms with van der Waals surface area (Å²) in [5.41, 5.74) is 0.944. The fourth-order valence-electron chi connectivity index (χ4n) is 2.07. The number of carbonyl (C=O) groups excluding carboxylic acids is 3. The summed E-state index contributed by atoms with van der Waals surface area (Å²) in [7, 11) is 0. The minimum Gasteiger partial charge on any atom is -0.545 e. The first-order chi connectivity index (χ1) is 15.5. The van der Waals surface area contributed by atoms with Crippen molar-refractivity contribution in [2.24, 2.45) is 0 Å². The van der Waals surface area contributed by atoms with Gasteiger partial charge in [-0.3, -0.25) is 4.89 Å². The summed E-state index contributed by atoms with van der Waals surface area (Å²) in [6.07, 6.45) is 1.91. The van der Waals surface area contributed by atoms with Gasteiger partial charge in [-0.05, 0) is 29.7 Å². The largest absolute Gasteiger partial charge is 2.00 e. The van der Waals surface area contributed by atoms with Crippen molar-refractivity contribution in [2.45, 2.75) is 19.8 Å². The summed E-state index contributed by atoms with van der Waals surface area (Å²) in [5.74, 6) is -2.70. The molecule has 33 heavy (non-hydrogen) atoms. The van der Waals surface area contributed by atoms with E-state index >= 15 is 0 Å². The normalized spacial score (nSPS) is 9.00. The summed E-state index contributed by atoms with van der Waals surface area (Å²) < 4.78 is 0. The second-order valence-electron chi connectivity index (χ2n) is 6.22. The molecule has 0 aliphatic heterocycles. The molecule has 0 aliphatic rings. The van der Waals surface area contributed by atoms with Crippen molar-refractivity contribution >= 4 is 17.9 Å². The number of hydrogen-bond acceptors (Lipinski definition) is 7. The third kappa shape index (κ3) is 13.8. The molecule has 0 atom stereocenters. The maximum Gasteiger partial charge on any atom is 2.00 e. The van der Waals surface area contributed by atoms with E-state index in [0.29, 0.717) is 12.2 Å². The molecule has 8 heteroatoms.